The quantitative estimate of drug-likeness (QED) is 0.185. The van der Waals surface area contributed by atoms with Gasteiger partial charge in [-0.3, -0.25) is 4.57 Å². The Bertz CT molecular complexity index is 2610. The molecule has 0 saturated heterocycles. The third kappa shape index (κ3) is 4.43. The summed E-state index contributed by atoms with van der Waals surface area (Å²) in [5.41, 5.74) is 11.6. The highest BCUT2D eigenvalue weighted by Gasteiger charge is 2.48. The number of hydrogen-bond donors (Lipinski definition) is 0. The standard InChI is InChI=1S/C47H34N4/c1-31-16-15-23-35(30-31)47(34-21-9-4-10-22-34)38-26-13-11-24-36(38)42-39(47)28-29-41-43(42)37-25-12-14-27-40(37)51(41)46-49-44(32-17-5-2-6-18-32)48-45(50-46)33-19-7-3-8-20-33/h2-29,31H,30H2,1H3. The van der Waals surface area contributed by atoms with Crippen LogP contribution in [0, 0.1) is 5.92 Å². The van der Waals surface area contributed by atoms with Gasteiger partial charge in [-0.05, 0) is 52.3 Å². The minimum atomic E-state index is -0.419. The summed E-state index contributed by atoms with van der Waals surface area (Å²) in [6.07, 6.45) is 7.94. The average molecular weight is 655 g/mol. The normalized spacial score (nSPS) is 17.7. The number of fused-ring (bicyclic) bond motifs is 7. The molecule has 0 spiro atoms. The van der Waals surface area contributed by atoms with Gasteiger partial charge in [0.15, 0.2) is 11.6 Å². The Labute approximate surface area is 297 Å². The zero-order chi connectivity index (χ0) is 33.9. The fourth-order valence-electron chi connectivity index (χ4n) is 8.59. The van der Waals surface area contributed by atoms with Crippen molar-refractivity contribution in [3.63, 3.8) is 0 Å². The first-order valence-corrected chi connectivity index (χ1v) is 17.7. The molecule has 51 heavy (non-hydrogen) atoms. The number of benzene rings is 6. The molecule has 0 fully saturated rings. The zero-order valence-electron chi connectivity index (χ0n) is 28.2. The molecular weight excluding hydrogens is 621 g/mol. The van der Waals surface area contributed by atoms with Gasteiger partial charge in [0, 0.05) is 21.9 Å². The topological polar surface area (TPSA) is 43.6 Å². The molecule has 4 nitrogen and oxygen atoms in total. The van der Waals surface area contributed by atoms with Crippen LogP contribution in [-0.2, 0) is 5.41 Å². The van der Waals surface area contributed by atoms with Gasteiger partial charge >= 0.3 is 0 Å². The van der Waals surface area contributed by atoms with E-state index < -0.39 is 5.41 Å². The van der Waals surface area contributed by atoms with Crippen molar-refractivity contribution in [1.82, 2.24) is 19.5 Å². The molecule has 0 N–H and O–H groups in total. The van der Waals surface area contributed by atoms with Crippen LogP contribution in [0.15, 0.2) is 175 Å². The molecule has 6 aromatic carbocycles. The minimum Gasteiger partial charge on any atom is -0.278 e. The Kier molecular flexibility index (Phi) is 6.72. The zero-order valence-corrected chi connectivity index (χ0v) is 28.2. The van der Waals surface area contributed by atoms with E-state index in [0.717, 1.165) is 28.6 Å². The summed E-state index contributed by atoms with van der Waals surface area (Å²) in [6.45, 7) is 2.32. The maximum Gasteiger partial charge on any atom is 0.238 e. The van der Waals surface area contributed by atoms with E-state index in [4.69, 9.17) is 15.0 Å². The first-order chi connectivity index (χ1) is 25.2. The molecule has 2 unspecified atom stereocenters. The van der Waals surface area contributed by atoms with Crippen molar-refractivity contribution in [2.45, 2.75) is 18.8 Å². The molecular formula is C47H34N4. The molecule has 2 aliphatic carbocycles. The van der Waals surface area contributed by atoms with E-state index in [1.54, 1.807) is 0 Å². The van der Waals surface area contributed by atoms with Gasteiger partial charge in [-0.25, -0.2) is 4.98 Å². The van der Waals surface area contributed by atoms with Crippen LogP contribution < -0.4 is 0 Å². The fraction of sp³-hybridized carbons (Fsp3) is 0.0851. The average Bonchev–Trinajstić information content (AvgIpc) is 3.70. The summed E-state index contributed by atoms with van der Waals surface area (Å²) in [6, 6.07) is 53.9. The highest BCUT2D eigenvalue weighted by atomic mass is 15.2. The fourth-order valence-corrected chi connectivity index (χ4v) is 8.59. The molecule has 2 aliphatic rings. The minimum absolute atomic E-state index is 0.419. The van der Waals surface area contributed by atoms with Crippen molar-refractivity contribution in [1.29, 1.82) is 0 Å². The Morgan fingerprint density at radius 3 is 1.92 bits per heavy atom. The molecule has 0 saturated carbocycles. The number of para-hydroxylation sites is 1. The van der Waals surface area contributed by atoms with E-state index in [1.807, 2.05) is 36.4 Å². The number of aromatic nitrogens is 4. The molecule has 2 heterocycles. The molecule has 0 radical (unpaired) electrons. The third-order valence-electron chi connectivity index (χ3n) is 10.7. The van der Waals surface area contributed by atoms with E-state index in [9.17, 15) is 0 Å². The molecule has 0 bridgehead atoms. The van der Waals surface area contributed by atoms with Crippen LogP contribution in [0.1, 0.15) is 30.0 Å². The van der Waals surface area contributed by atoms with Crippen molar-refractivity contribution < 1.29 is 0 Å². The van der Waals surface area contributed by atoms with Gasteiger partial charge in [0.25, 0.3) is 0 Å². The van der Waals surface area contributed by atoms with E-state index in [1.165, 1.54) is 44.2 Å². The summed E-state index contributed by atoms with van der Waals surface area (Å²) in [4.78, 5) is 15.4. The van der Waals surface area contributed by atoms with Crippen LogP contribution in [0.5, 0.6) is 0 Å². The van der Waals surface area contributed by atoms with Crippen LogP contribution in [0.2, 0.25) is 0 Å². The van der Waals surface area contributed by atoms with Gasteiger partial charge in [0.05, 0.1) is 16.4 Å². The smallest absolute Gasteiger partial charge is 0.238 e. The SMILES string of the molecule is CC1C=CC=C(C2(c3ccccc3)c3ccccc3-c3c2ccc2c3c3ccccc3n2-c2nc(-c3ccccc3)nc(-c3ccccc3)n2)C1. The Morgan fingerprint density at radius 2 is 1.22 bits per heavy atom. The second kappa shape index (κ2) is 11.6. The molecule has 10 rings (SSSR count). The van der Waals surface area contributed by atoms with Gasteiger partial charge < -0.3 is 0 Å². The van der Waals surface area contributed by atoms with Gasteiger partial charge in [0.1, 0.15) is 0 Å². The molecule has 4 heteroatoms. The summed E-state index contributed by atoms with van der Waals surface area (Å²) in [5, 5.41) is 2.40. The number of nitrogens with zero attached hydrogens (tertiary/aromatic N) is 4. The van der Waals surface area contributed by atoms with Gasteiger partial charge in [0.2, 0.25) is 5.95 Å². The maximum absolute atomic E-state index is 5.19. The first kappa shape index (κ1) is 29.5. The molecule has 0 amide bonds. The van der Waals surface area contributed by atoms with Crippen molar-refractivity contribution in [3.8, 4) is 39.9 Å². The van der Waals surface area contributed by atoms with E-state index in [0.29, 0.717) is 23.5 Å². The second-order valence-electron chi connectivity index (χ2n) is 13.7. The van der Waals surface area contributed by atoms with Crippen LogP contribution >= 0.6 is 0 Å². The van der Waals surface area contributed by atoms with Gasteiger partial charge in [-0.15, -0.1) is 0 Å². The van der Waals surface area contributed by atoms with Crippen LogP contribution in [0.25, 0.3) is 61.7 Å². The highest BCUT2D eigenvalue weighted by Crippen LogP contribution is 2.60. The Hall–Kier alpha value is -6.39. The molecule has 8 aromatic rings. The largest absolute Gasteiger partial charge is 0.278 e. The van der Waals surface area contributed by atoms with E-state index in [2.05, 4.69) is 145 Å². The predicted molar refractivity (Wildman–Crippen MR) is 208 cm³/mol. The summed E-state index contributed by atoms with van der Waals surface area (Å²) < 4.78 is 2.24. The summed E-state index contributed by atoms with van der Waals surface area (Å²) in [7, 11) is 0. The number of allylic oxidation sites excluding steroid dienone is 4. The molecule has 242 valence electrons. The highest BCUT2D eigenvalue weighted by molar-refractivity contribution is 6.18. The Balaban J connectivity index is 1.32. The van der Waals surface area contributed by atoms with Crippen LogP contribution in [-0.4, -0.2) is 19.5 Å². The monoisotopic (exact) mass is 654 g/mol. The van der Waals surface area contributed by atoms with Crippen molar-refractivity contribution in [2.75, 3.05) is 0 Å². The summed E-state index contributed by atoms with van der Waals surface area (Å²) in [5.74, 6) is 2.34. The predicted octanol–water partition coefficient (Wildman–Crippen LogP) is 11.1. The Morgan fingerprint density at radius 1 is 0.588 bits per heavy atom. The van der Waals surface area contributed by atoms with Crippen molar-refractivity contribution in [2.24, 2.45) is 5.92 Å². The molecule has 0 aliphatic heterocycles. The lowest BCUT2D eigenvalue weighted by Crippen LogP contribution is -2.31. The number of hydrogen-bond acceptors (Lipinski definition) is 3. The third-order valence-corrected chi connectivity index (χ3v) is 10.7. The maximum atomic E-state index is 5.19. The lowest BCUT2D eigenvalue weighted by molar-refractivity contribution is 0.615. The lowest BCUT2D eigenvalue weighted by atomic mass is 9.64. The van der Waals surface area contributed by atoms with Gasteiger partial charge in [-0.1, -0.05) is 170 Å². The van der Waals surface area contributed by atoms with Crippen LogP contribution in [0.4, 0.5) is 0 Å². The van der Waals surface area contributed by atoms with Gasteiger partial charge in [-0.2, -0.15) is 9.97 Å². The van der Waals surface area contributed by atoms with Crippen LogP contribution in [0.3, 0.4) is 0 Å². The number of rotatable bonds is 5. The summed E-state index contributed by atoms with van der Waals surface area (Å²) >= 11 is 0. The molecule has 2 aromatic heterocycles. The van der Waals surface area contributed by atoms with Crippen molar-refractivity contribution in [3.05, 3.63) is 192 Å². The van der Waals surface area contributed by atoms with E-state index in [-0.39, 0.29) is 0 Å². The second-order valence-corrected chi connectivity index (χ2v) is 13.7. The molecule has 2 atom stereocenters. The first-order valence-electron chi connectivity index (χ1n) is 17.7. The lowest BCUT2D eigenvalue weighted by Gasteiger charge is -2.37. The van der Waals surface area contributed by atoms with E-state index >= 15 is 0 Å². The van der Waals surface area contributed by atoms with Crippen molar-refractivity contribution >= 4 is 21.8 Å².